The van der Waals surface area contributed by atoms with E-state index in [4.69, 9.17) is 94.8 Å². The minimum Gasteiger partial charge on any atom is -0.462 e. The maximum absolute atomic E-state index is 14.5. The Bertz CT molecular complexity index is 3190. The summed E-state index contributed by atoms with van der Waals surface area (Å²) < 4.78 is 118. The normalized spacial score (nSPS) is 13.9. The Hall–Kier alpha value is -6.35. The number of carbonyl (C=O) groups excluding carboxylic acids is 9. The zero-order chi connectivity index (χ0) is 87.5. The topological polar surface area (TPSA) is 464 Å². The summed E-state index contributed by atoms with van der Waals surface area (Å²) in [5.41, 5.74) is 2.15. The number of aromatic nitrogens is 1. The Balaban J connectivity index is 0.000000868. The Morgan fingerprint density at radius 2 is 1.03 bits per heavy atom. The molecule has 7 N–H and O–H groups in total. The molecule has 1 fully saturated rings. The van der Waals surface area contributed by atoms with Crippen LogP contribution in [0.1, 0.15) is 101 Å². The molecule has 3 rings (SSSR count). The van der Waals surface area contributed by atoms with Gasteiger partial charge >= 0.3 is 17.9 Å². The number of thioether (sulfide) groups is 1. The molecular formula is C77H127FIN7O32S. The summed E-state index contributed by atoms with van der Waals surface area (Å²) in [4.78, 5) is 129. The SMILES string of the molecule is CCC(CO)OC(COC(=O)CCCC(=O)NCCSC1CC(=O)N(CCOCCOCCOCCOCCOCCOCCOCCOCCOCCOCCOCCOCCC(=O)NC)C1=O)OC.CCC(CO)OC(COC(=O)CCCC(=O)N[C@@H](C)C(=O)OCCONC(=O)c1cc(C)c(=O)n(C)c1Nc1ccc(I)cc1F)OC. The van der Waals surface area contributed by atoms with Crippen LogP contribution in [0.3, 0.4) is 0 Å². The third-order valence-corrected chi connectivity index (χ3v) is 18.3. The van der Waals surface area contributed by atoms with Crippen molar-refractivity contribution < 1.29 is 153 Å². The van der Waals surface area contributed by atoms with Gasteiger partial charge in [0.25, 0.3) is 11.5 Å². The van der Waals surface area contributed by atoms with E-state index in [1.54, 1.807) is 13.1 Å². The molecule has 39 nitrogen and oxygen atoms in total. The quantitative estimate of drug-likeness (QED) is 0.00948. The molecule has 1 aromatic heterocycles. The van der Waals surface area contributed by atoms with Gasteiger partial charge in [-0.1, -0.05) is 13.8 Å². The second kappa shape index (κ2) is 71.1. The van der Waals surface area contributed by atoms with Gasteiger partial charge in [0.2, 0.25) is 29.5 Å². The summed E-state index contributed by atoms with van der Waals surface area (Å²) in [7, 11) is 5.83. The molecule has 1 aromatic carbocycles. The van der Waals surface area contributed by atoms with E-state index in [2.05, 4.69) is 26.7 Å². The number of aliphatic hydroxyl groups excluding tert-OH is 2. The number of nitrogens with one attached hydrogen (secondary N) is 5. The van der Waals surface area contributed by atoms with E-state index in [1.807, 2.05) is 36.4 Å². The molecule has 0 bridgehead atoms. The maximum Gasteiger partial charge on any atom is 0.328 e. The van der Waals surface area contributed by atoms with Crippen molar-refractivity contribution >= 4 is 99.2 Å². The molecule has 1 aliphatic rings. The number of amides is 6. The standard InChI is InChI=1S/C46H85N3O21S.C31H42FIN4O11/c1-4-39(37-50)70-45(56-3)38-69-44(54)7-5-6-42(52)48-9-35-71-40-36-43(53)49(46(40)55)10-12-58-14-16-60-18-20-62-22-24-64-26-28-66-30-32-68-34-33-67-31-29-65-27-25-63-23-21-61-19-17-59-15-13-57-11-8-41(51)47-2;1-6-21(16-38)48-27(44-5)17-46-26(40)9-7-8-25(39)34-19(3)31(43)45-12-13-47-36-29(41)22-14-18(2)30(42)37(4)28(22)35-24-11-10-20(33)15-23(24)32/h39-40,45,50H,4-38H2,1-3H3,(H,47,51)(H,48,52);10-11,14-15,19,21,27,35,38H,6-9,12-13,16-17H2,1-5H3,(H,34,39)(H,36,41)/t;19-,21?,27?/m.0/s1. The number of halogens is 2. The molecule has 0 radical (unpaired) electrons. The molecule has 0 spiro atoms. The van der Waals surface area contributed by atoms with E-state index in [-0.39, 0.29) is 143 Å². The smallest absolute Gasteiger partial charge is 0.328 e. The number of aryl methyl sites for hydroxylation is 1. The number of pyridine rings is 1. The van der Waals surface area contributed by atoms with Gasteiger partial charge in [0.1, 0.15) is 44.1 Å². The van der Waals surface area contributed by atoms with Crippen molar-refractivity contribution in [2.24, 2.45) is 7.05 Å². The van der Waals surface area contributed by atoms with Gasteiger partial charge in [0.15, 0.2) is 12.6 Å². The third kappa shape index (κ3) is 53.3. The van der Waals surface area contributed by atoms with Crippen molar-refractivity contribution in [3.05, 3.63) is 55.1 Å². The number of ether oxygens (including phenoxy) is 19. The Kier molecular flexibility index (Phi) is 65.0. The Labute approximate surface area is 712 Å². The second-order valence-electron chi connectivity index (χ2n) is 25.6. The number of aliphatic hydroxyl groups is 2. The summed E-state index contributed by atoms with van der Waals surface area (Å²) in [5.74, 6) is -3.92. The molecule has 6 amide bonds. The molecule has 2 heterocycles. The number of methoxy groups -OCH3 is 2. The lowest BCUT2D eigenvalue weighted by molar-refractivity contribution is -0.194. The van der Waals surface area contributed by atoms with Crippen LogP contribution in [0.25, 0.3) is 0 Å². The first-order valence-electron chi connectivity index (χ1n) is 39.6. The summed E-state index contributed by atoms with van der Waals surface area (Å²) in [6, 6.07) is 4.78. The van der Waals surface area contributed by atoms with Crippen molar-refractivity contribution in [3.8, 4) is 0 Å². The highest BCUT2D eigenvalue weighted by molar-refractivity contribution is 14.1. The van der Waals surface area contributed by atoms with E-state index >= 15 is 0 Å². The zero-order valence-corrected chi connectivity index (χ0v) is 72.9. The first kappa shape index (κ1) is 109. The van der Waals surface area contributed by atoms with Gasteiger partial charge in [-0.15, -0.1) is 11.8 Å². The van der Waals surface area contributed by atoms with E-state index in [0.717, 1.165) is 0 Å². The fraction of sp³-hybridized carbons (Fsp3) is 0.740. The largest absolute Gasteiger partial charge is 0.462 e. The van der Waals surface area contributed by atoms with Crippen molar-refractivity contribution in [2.45, 2.75) is 128 Å². The minimum atomic E-state index is -0.999. The van der Waals surface area contributed by atoms with E-state index < -0.39 is 71.6 Å². The van der Waals surface area contributed by atoms with Gasteiger partial charge < -0.3 is 121 Å². The number of hydrogen-bond donors (Lipinski definition) is 7. The van der Waals surface area contributed by atoms with E-state index in [0.29, 0.717) is 194 Å². The fourth-order valence-electron chi connectivity index (χ4n) is 9.80. The molecule has 1 saturated heterocycles. The average molecular weight is 1840 g/mol. The van der Waals surface area contributed by atoms with Crippen molar-refractivity contribution in [1.82, 2.24) is 30.9 Å². The molecule has 0 saturated carbocycles. The fourth-order valence-corrected chi connectivity index (χ4v) is 11.3. The number of anilines is 2. The lowest BCUT2D eigenvalue weighted by Crippen LogP contribution is -2.40. The number of hydrogen-bond acceptors (Lipinski definition) is 34. The predicted octanol–water partition coefficient (Wildman–Crippen LogP) is 2.14. The maximum atomic E-state index is 14.5. The number of benzene rings is 1. The molecule has 2 aromatic rings. The minimum absolute atomic E-state index is 0.00508. The molecule has 119 heavy (non-hydrogen) atoms. The van der Waals surface area contributed by atoms with E-state index in [9.17, 15) is 62.5 Å². The van der Waals surface area contributed by atoms with Crippen LogP contribution in [0.15, 0.2) is 29.1 Å². The second-order valence-corrected chi connectivity index (χ2v) is 28.2. The summed E-state index contributed by atoms with van der Waals surface area (Å²) in [6.07, 6.45) is -0.385. The highest BCUT2D eigenvalue weighted by Gasteiger charge is 2.38. The molecular weight excluding hydrogens is 1710 g/mol. The number of nitrogens with zero attached hydrogens (tertiary/aromatic N) is 2. The number of likely N-dealkylation sites (tertiary alicyclic amines) is 1. The van der Waals surface area contributed by atoms with Crippen LogP contribution in [0, 0.1) is 16.3 Å². The number of imide groups is 1. The van der Waals surface area contributed by atoms with E-state index in [1.165, 1.54) is 74.5 Å². The van der Waals surface area contributed by atoms with Crippen molar-refractivity contribution in [1.29, 1.82) is 0 Å². The van der Waals surface area contributed by atoms with Gasteiger partial charge in [-0.2, -0.15) is 0 Å². The summed E-state index contributed by atoms with van der Waals surface area (Å²) >= 11 is 3.27. The van der Waals surface area contributed by atoms with Gasteiger partial charge in [0, 0.05) is 88.3 Å². The predicted molar refractivity (Wildman–Crippen MR) is 436 cm³/mol. The molecule has 42 heteroatoms. The van der Waals surface area contributed by atoms with Gasteiger partial charge in [-0.05, 0) is 86.4 Å². The van der Waals surface area contributed by atoms with Crippen molar-refractivity contribution in [3.63, 3.8) is 0 Å². The van der Waals surface area contributed by atoms with Crippen molar-refractivity contribution in [2.75, 3.05) is 244 Å². The molecule has 0 aliphatic carbocycles. The highest BCUT2D eigenvalue weighted by atomic mass is 127. The lowest BCUT2D eigenvalue weighted by atomic mass is 10.1. The van der Waals surface area contributed by atoms with Crippen LogP contribution in [-0.4, -0.2) is 347 Å². The molecule has 682 valence electrons. The summed E-state index contributed by atoms with van der Waals surface area (Å²) in [5, 5.41) is 28.5. The van der Waals surface area contributed by atoms with Crippen LogP contribution in [0.2, 0.25) is 0 Å². The molecule has 1 aliphatic heterocycles. The van der Waals surface area contributed by atoms with Gasteiger partial charge in [-0.25, -0.2) is 14.7 Å². The number of hydroxylamine groups is 1. The van der Waals surface area contributed by atoms with Crippen LogP contribution in [0.4, 0.5) is 15.9 Å². The summed E-state index contributed by atoms with van der Waals surface area (Å²) in [6.45, 7) is 16.1. The first-order chi connectivity index (χ1) is 57.5. The zero-order valence-electron chi connectivity index (χ0n) is 69.9. The Morgan fingerprint density at radius 3 is 1.45 bits per heavy atom. The van der Waals surface area contributed by atoms with Crippen LogP contribution < -0.4 is 32.3 Å². The first-order valence-corrected chi connectivity index (χ1v) is 41.7. The number of rotatable bonds is 74. The van der Waals surface area contributed by atoms with Gasteiger partial charge in [0.05, 0.1) is 207 Å². The average Bonchev–Trinajstić information content (AvgIpc) is 1.45. The van der Waals surface area contributed by atoms with Crippen LogP contribution in [0.5, 0.6) is 0 Å². The lowest BCUT2D eigenvalue weighted by Gasteiger charge is -2.21. The van der Waals surface area contributed by atoms with Crippen LogP contribution >= 0.6 is 34.4 Å². The number of carbonyl (C=O) groups is 9. The highest BCUT2D eigenvalue weighted by Crippen LogP contribution is 2.26. The third-order valence-electron chi connectivity index (χ3n) is 16.5. The molecule has 6 atom stereocenters. The Morgan fingerprint density at radius 1 is 0.580 bits per heavy atom. The van der Waals surface area contributed by atoms with Gasteiger partial charge in [-0.3, -0.25) is 57.5 Å². The monoisotopic (exact) mass is 1840 g/mol. The van der Waals surface area contributed by atoms with Crippen LogP contribution in [-0.2, 0) is 140 Å². The number of esters is 3. The molecule has 5 unspecified atom stereocenters.